The van der Waals surface area contributed by atoms with Crippen molar-refractivity contribution >= 4 is 5.82 Å². The van der Waals surface area contributed by atoms with Crippen LogP contribution in [-0.2, 0) is 18.4 Å². The summed E-state index contributed by atoms with van der Waals surface area (Å²) in [6.07, 6.45) is 8.11. The first-order valence-corrected chi connectivity index (χ1v) is 6.58. The van der Waals surface area contributed by atoms with Gasteiger partial charge < -0.3 is 10.5 Å². The molecule has 1 aliphatic rings. The largest absolute Gasteiger partial charge is 0.384 e. The van der Waals surface area contributed by atoms with E-state index in [9.17, 15) is 0 Å². The monoisotopic (exact) mass is 237 g/mol. The summed E-state index contributed by atoms with van der Waals surface area (Å²) in [5.74, 6) is 0.733. The lowest BCUT2D eigenvalue weighted by molar-refractivity contribution is 0.0310. The highest BCUT2D eigenvalue weighted by atomic mass is 16.5. The second-order valence-electron chi connectivity index (χ2n) is 5.00. The van der Waals surface area contributed by atoms with Crippen molar-refractivity contribution in [3.05, 3.63) is 11.3 Å². The minimum absolute atomic E-state index is 0.413. The second kappa shape index (κ2) is 5.54. The summed E-state index contributed by atoms with van der Waals surface area (Å²) in [6, 6.07) is 0. The standard InChI is InChI=1S/C13H23N3O/c1-10-12(13(14)16(2)15-10)9-17-11-7-5-3-4-6-8-11/h11H,3-9,14H2,1-2H3. The number of rotatable bonds is 3. The van der Waals surface area contributed by atoms with Crippen LogP contribution < -0.4 is 5.73 Å². The van der Waals surface area contributed by atoms with Crippen molar-refractivity contribution < 1.29 is 4.74 Å². The van der Waals surface area contributed by atoms with E-state index in [4.69, 9.17) is 10.5 Å². The lowest BCUT2D eigenvalue weighted by Crippen LogP contribution is -2.12. The van der Waals surface area contributed by atoms with E-state index < -0.39 is 0 Å². The molecule has 4 heteroatoms. The molecule has 2 rings (SSSR count). The quantitative estimate of drug-likeness (QED) is 0.822. The molecule has 2 N–H and O–H groups in total. The van der Waals surface area contributed by atoms with E-state index in [2.05, 4.69) is 5.10 Å². The number of hydrogen-bond acceptors (Lipinski definition) is 3. The van der Waals surface area contributed by atoms with E-state index in [0.717, 1.165) is 17.1 Å². The highest BCUT2D eigenvalue weighted by Crippen LogP contribution is 2.23. The molecule has 1 aromatic rings. The topological polar surface area (TPSA) is 53.1 Å². The Bertz CT molecular complexity index is 365. The fourth-order valence-electron chi connectivity index (χ4n) is 2.51. The van der Waals surface area contributed by atoms with Crippen molar-refractivity contribution in [3.8, 4) is 0 Å². The Hall–Kier alpha value is -1.03. The summed E-state index contributed by atoms with van der Waals surface area (Å²) < 4.78 is 7.71. The third kappa shape index (κ3) is 3.00. The lowest BCUT2D eigenvalue weighted by atomic mass is 10.1. The molecule has 0 radical (unpaired) electrons. The van der Waals surface area contributed by atoms with Crippen molar-refractivity contribution in [2.75, 3.05) is 5.73 Å². The van der Waals surface area contributed by atoms with Gasteiger partial charge in [-0.3, -0.25) is 4.68 Å². The zero-order valence-electron chi connectivity index (χ0n) is 10.9. The Morgan fingerprint density at radius 3 is 2.47 bits per heavy atom. The molecule has 1 aliphatic carbocycles. The molecule has 1 aromatic heterocycles. The number of hydrogen-bond donors (Lipinski definition) is 1. The summed E-state index contributed by atoms with van der Waals surface area (Å²) in [7, 11) is 1.87. The van der Waals surface area contributed by atoms with Crippen molar-refractivity contribution in [1.82, 2.24) is 9.78 Å². The Labute approximate surface area is 103 Å². The van der Waals surface area contributed by atoms with Gasteiger partial charge in [-0.1, -0.05) is 25.7 Å². The minimum atomic E-state index is 0.413. The van der Waals surface area contributed by atoms with Crippen LogP contribution in [0.25, 0.3) is 0 Å². The summed E-state index contributed by atoms with van der Waals surface area (Å²) >= 11 is 0. The molecule has 0 amide bonds. The van der Waals surface area contributed by atoms with Crippen LogP contribution in [0.4, 0.5) is 5.82 Å². The Morgan fingerprint density at radius 1 is 1.29 bits per heavy atom. The normalized spacial score (nSPS) is 18.2. The van der Waals surface area contributed by atoms with Crippen LogP contribution in [0.5, 0.6) is 0 Å². The summed E-state index contributed by atoms with van der Waals surface area (Å²) in [4.78, 5) is 0. The van der Waals surface area contributed by atoms with Gasteiger partial charge in [0.2, 0.25) is 0 Å². The minimum Gasteiger partial charge on any atom is -0.384 e. The Balaban J connectivity index is 1.92. The zero-order valence-corrected chi connectivity index (χ0v) is 10.9. The van der Waals surface area contributed by atoms with Crippen LogP contribution in [0.1, 0.15) is 49.8 Å². The molecule has 4 nitrogen and oxygen atoms in total. The third-order valence-corrected chi connectivity index (χ3v) is 3.66. The van der Waals surface area contributed by atoms with E-state index in [1.54, 1.807) is 4.68 Å². The van der Waals surface area contributed by atoms with Crippen molar-refractivity contribution in [2.24, 2.45) is 7.05 Å². The van der Waals surface area contributed by atoms with Gasteiger partial charge in [-0.25, -0.2) is 0 Å². The molecule has 0 bridgehead atoms. The Kier molecular flexibility index (Phi) is 4.05. The van der Waals surface area contributed by atoms with Gasteiger partial charge in [0.25, 0.3) is 0 Å². The molecule has 1 heterocycles. The van der Waals surface area contributed by atoms with Crippen LogP contribution in [0.15, 0.2) is 0 Å². The molecular weight excluding hydrogens is 214 g/mol. The predicted molar refractivity (Wildman–Crippen MR) is 68.6 cm³/mol. The molecule has 17 heavy (non-hydrogen) atoms. The van der Waals surface area contributed by atoms with Gasteiger partial charge in [-0.2, -0.15) is 5.10 Å². The van der Waals surface area contributed by atoms with Crippen molar-refractivity contribution in [3.63, 3.8) is 0 Å². The number of aryl methyl sites for hydroxylation is 2. The molecule has 0 aromatic carbocycles. The van der Waals surface area contributed by atoms with Crippen LogP contribution in [-0.4, -0.2) is 15.9 Å². The van der Waals surface area contributed by atoms with Crippen molar-refractivity contribution in [1.29, 1.82) is 0 Å². The molecule has 0 saturated heterocycles. The fraction of sp³-hybridized carbons (Fsp3) is 0.769. The molecule has 1 saturated carbocycles. The smallest absolute Gasteiger partial charge is 0.127 e. The Morgan fingerprint density at radius 2 is 1.94 bits per heavy atom. The first kappa shape index (κ1) is 12.4. The molecule has 0 atom stereocenters. The molecule has 0 spiro atoms. The van der Waals surface area contributed by atoms with Crippen LogP contribution >= 0.6 is 0 Å². The molecule has 1 fully saturated rings. The molecule has 0 unspecified atom stereocenters. The van der Waals surface area contributed by atoms with E-state index in [1.165, 1.54) is 38.5 Å². The lowest BCUT2D eigenvalue weighted by Gasteiger charge is -2.15. The van der Waals surface area contributed by atoms with Gasteiger partial charge in [0.1, 0.15) is 5.82 Å². The maximum Gasteiger partial charge on any atom is 0.127 e. The third-order valence-electron chi connectivity index (χ3n) is 3.66. The zero-order chi connectivity index (χ0) is 12.3. The molecular formula is C13H23N3O. The maximum atomic E-state index is 5.99. The van der Waals surface area contributed by atoms with Gasteiger partial charge in [0.15, 0.2) is 0 Å². The van der Waals surface area contributed by atoms with Gasteiger partial charge in [-0.05, 0) is 19.8 Å². The van der Waals surface area contributed by atoms with Gasteiger partial charge in [0, 0.05) is 12.6 Å². The molecule has 0 aliphatic heterocycles. The first-order valence-electron chi connectivity index (χ1n) is 6.58. The van der Waals surface area contributed by atoms with Crippen LogP contribution in [0, 0.1) is 6.92 Å². The highest BCUT2D eigenvalue weighted by molar-refractivity contribution is 5.42. The number of nitrogen functional groups attached to an aromatic ring is 1. The fourth-order valence-corrected chi connectivity index (χ4v) is 2.51. The predicted octanol–water partition coefficient (Wildman–Crippen LogP) is 2.55. The van der Waals surface area contributed by atoms with E-state index >= 15 is 0 Å². The number of anilines is 1. The SMILES string of the molecule is Cc1nn(C)c(N)c1COC1CCCCCC1. The van der Waals surface area contributed by atoms with E-state index in [1.807, 2.05) is 14.0 Å². The number of nitrogens with two attached hydrogens (primary N) is 1. The summed E-state index contributed by atoms with van der Waals surface area (Å²) in [5, 5.41) is 4.30. The highest BCUT2D eigenvalue weighted by Gasteiger charge is 2.15. The van der Waals surface area contributed by atoms with Gasteiger partial charge in [-0.15, -0.1) is 0 Å². The van der Waals surface area contributed by atoms with Gasteiger partial charge >= 0.3 is 0 Å². The maximum absolute atomic E-state index is 5.99. The second-order valence-corrected chi connectivity index (χ2v) is 5.00. The number of aromatic nitrogens is 2. The summed E-state index contributed by atoms with van der Waals surface area (Å²) in [5.41, 5.74) is 8.01. The van der Waals surface area contributed by atoms with Crippen molar-refractivity contribution in [2.45, 2.75) is 58.2 Å². The van der Waals surface area contributed by atoms with E-state index in [0.29, 0.717) is 12.7 Å². The number of nitrogens with zero attached hydrogens (tertiary/aromatic N) is 2. The average Bonchev–Trinajstić information content (AvgIpc) is 2.53. The van der Waals surface area contributed by atoms with Gasteiger partial charge in [0.05, 0.1) is 18.4 Å². The number of ether oxygens (including phenoxy) is 1. The summed E-state index contributed by atoms with van der Waals surface area (Å²) in [6.45, 7) is 2.60. The van der Waals surface area contributed by atoms with Crippen LogP contribution in [0.3, 0.4) is 0 Å². The first-order chi connectivity index (χ1) is 8.18. The van der Waals surface area contributed by atoms with E-state index in [-0.39, 0.29) is 0 Å². The average molecular weight is 237 g/mol. The molecule has 96 valence electrons. The van der Waals surface area contributed by atoms with Crippen LogP contribution in [0.2, 0.25) is 0 Å².